The SMILES string of the molecule is NC(=O)OC1CCc2cc(-c3cccc(F)c3)ccc21. The van der Waals surface area contributed by atoms with E-state index in [9.17, 15) is 9.18 Å². The lowest BCUT2D eigenvalue weighted by Gasteiger charge is -2.12. The Bertz CT molecular complexity index is 669. The minimum absolute atomic E-state index is 0.252. The van der Waals surface area contributed by atoms with Gasteiger partial charge >= 0.3 is 6.09 Å². The normalized spacial score (nSPS) is 16.8. The van der Waals surface area contributed by atoms with Crippen LogP contribution in [0.25, 0.3) is 11.1 Å². The molecule has 0 aromatic heterocycles. The predicted molar refractivity (Wildman–Crippen MR) is 73.6 cm³/mol. The van der Waals surface area contributed by atoms with Gasteiger partial charge in [-0.3, -0.25) is 0 Å². The zero-order valence-corrected chi connectivity index (χ0v) is 10.8. The molecule has 0 saturated carbocycles. The van der Waals surface area contributed by atoms with Gasteiger partial charge in [-0.05, 0) is 47.2 Å². The van der Waals surface area contributed by atoms with Crippen LogP contribution in [-0.2, 0) is 11.2 Å². The first-order valence-corrected chi connectivity index (χ1v) is 6.48. The lowest BCUT2D eigenvalue weighted by molar-refractivity contribution is 0.107. The van der Waals surface area contributed by atoms with Gasteiger partial charge in [0.15, 0.2) is 0 Å². The number of hydrogen-bond donors (Lipinski definition) is 1. The topological polar surface area (TPSA) is 52.3 Å². The summed E-state index contributed by atoms with van der Waals surface area (Å²) < 4.78 is 18.3. The second-order valence-corrected chi connectivity index (χ2v) is 4.89. The lowest BCUT2D eigenvalue weighted by Crippen LogP contribution is -2.15. The molecule has 1 aliphatic rings. The summed E-state index contributed by atoms with van der Waals surface area (Å²) in [5.41, 5.74) is 8.98. The van der Waals surface area contributed by atoms with Crippen LogP contribution in [0.15, 0.2) is 42.5 Å². The van der Waals surface area contributed by atoms with Crippen LogP contribution in [0.1, 0.15) is 23.7 Å². The van der Waals surface area contributed by atoms with Gasteiger partial charge in [0, 0.05) is 0 Å². The fourth-order valence-corrected chi connectivity index (χ4v) is 2.69. The zero-order chi connectivity index (χ0) is 14.1. The molecule has 2 aromatic rings. The van der Waals surface area contributed by atoms with Crippen molar-refractivity contribution in [3.63, 3.8) is 0 Å². The summed E-state index contributed by atoms with van der Waals surface area (Å²) in [5.74, 6) is -0.252. The Morgan fingerprint density at radius 2 is 2.00 bits per heavy atom. The maximum Gasteiger partial charge on any atom is 0.405 e. The second-order valence-electron chi connectivity index (χ2n) is 4.89. The number of carbonyl (C=O) groups excluding carboxylic acids is 1. The summed E-state index contributed by atoms with van der Waals surface area (Å²) >= 11 is 0. The molecule has 1 atom stereocenters. The molecule has 3 nitrogen and oxygen atoms in total. The van der Waals surface area contributed by atoms with Crippen molar-refractivity contribution in [1.29, 1.82) is 0 Å². The first kappa shape index (κ1) is 12.7. The van der Waals surface area contributed by atoms with Crippen molar-refractivity contribution in [2.24, 2.45) is 5.73 Å². The largest absolute Gasteiger partial charge is 0.441 e. The smallest absolute Gasteiger partial charge is 0.405 e. The van der Waals surface area contributed by atoms with Gasteiger partial charge in [-0.15, -0.1) is 0 Å². The summed E-state index contributed by atoms with van der Waals surface area (Å²) in [6.07, 6.45) is 0.558. The monoisotopic (exact) mass is 271 g/mol. The first-order valence-electron chi connectivity index (χ1n) is 6.48. The number of carbonyl (C=O) groups is 1. The van der Waals surface area contributed by atoms with Gasteiger partial charge in [0.2, 0.25) is 0 Å². The molecule has 0 spiro atoms. The molecule has 0 heterocycles. The van der Waals surface area contributed by atoms with E-state index in [1.165, 1.54) is 12.1 Å². The molecule has 102 valence electrons. The van der Waals surface area contributed by atoms with E-state index in [0.717, 1.165) is 35.1 Å². The van der Waals surface area contributed by atoms with Crippen molar-refractivity contribution < 1.29 is 13.9 Å². The fourth-order valence-electron chi connectivity index (χ4n) is 2.69. The van der Waals surface area contributed by atoms with E-state index in [0.29, 0.717) is 0 Å². The zero-order valence-electron chi connectivity index (χ0n) is 10.8. The van der Waals surface area contributed by atoms with Crippen molar-refractivity contribution in [2.45, 2.75) is 18.9 Å². The van der Waals surface area contributed by atoms with E-state index in [2.05, 4.69) is 0 Å². The molecule has 2 aromatic carbocycles. The fraction of sp³-hybridized carbons (Fsp3) is 0.188. The summed E-state index contributed by atoms with van der Waals surface area (Å²) in [6.45, 7) is 0. The highest BCUT2D eigenvalue weighted by Gasteiger charge is 2.25. The second kappa shape index (κ2) is 4.96. The third-order valence-corrected chi connectivity index (χ3v) is 3.58. The third kappa shape index (κ3) is 2.37. The molecular weight excluding hydrogens is 257 g/mol. The molecule has 20 heavy (non-hydrogen) atoms. The summed E-state index contributed by atoms with van der Waals surface area (Å²) in [6, 6.07) is 12.4. The first-order chi connectivity index (χ1) is 9.63. The van der Waals surface area contributed by atoms with Crippen LogP contribution in [0.3, 0.4) is 0 Å². The number of ether oxygens (including phenoxy) is 1. The Morgan fingerprint density at radius 3 is 2.75 bits per heavy atom. The van der Waals surface area contributed by atoms with Crippen LogP contribution in [0.4, 0.5) is 9.18 Å². The third-order valence-electron chi connectivity index (χ3n) is 3.58. The van der Waals surface area contributed by atoms with E-state index in [-0.39, 0.29) is 11.9 Å². The predicted octanol–water partition coefficient (Wildman–Crippen LogP) is 3.58. The molecule has 2 N–H and O–H groups in total. The lowest BCUT2D eigenvalue weighted by atomic mass is 10.00. The molecule has 0 saturated heterocycles. The van der Waals surface area contributed by atoms with Crippen LogP contribution in [-0.4, -0.2) is 6.09 Å². The van der Waals surface area contributed by atoms with Crippen molar-refractivity contribution in [1.82, 2.24) is 0 Å². The highest BCUT2D eigenvalue weighted by Crippen LogP contribution is 2.36. The molecule has 1 aliphatic carbocycles. The van der Waals surface area contributed by atoms with E-state index < -0.39 is 6.09 Å². The van der Waals surface area contributed by atoms with Gasteiger partial charge in [-0.25, -0.2) is 9.18 Å². The van der Waals surface area contributed by atoms with Crippen molar-refractivity contribution in [2.75, 3.05) is 0 Å². The van der Waals surface area contributed by atoms with Gasteiger partial charge < -0.3 is 10.5 Å². The highest BCUT2D eigenvalue weighted by molar-refractivity contribution is 5.67. The van der Waals surface area contributed by atoms with Gasteiger partial charge in [0.25, 0.3) is 0 Å². The molecule has 0 aliphatic heterocycles. The number of halogens is 1. The van der Waals surface area contributed by atoms with E-state index in [1.54, 1.807) is 6.07 Å². The van der Waals surface area contributed by atoms with Gasteiger partial charge in [0.1, 0.15) is 11.9 Å². The minimum Gasteiger partial charge on any atom is -0.441 e. The van der Waals surface area contributed by atoms with Crippen LogP contribution in [0, 0.1) is 5.82 Å². The molecule has 0 radical (unpaired) electrons. The molecule has 0 bridgehead atoms. The van der Waals surface area contributed by atoms with Crippen LogP contribution < -0.4 is 5.73 Å². The maximum atomic E-state index is 13.3. The molecule has 0 fully saturated rings. The summed E-state index contributed by atoms with van der Waals surface area (Å²) in [4.78, 5) is 10.8. The molecule has 4 heteroatoms. The highest BCUT2D eigenvalue weighted by atomic mass is 19.1. The maximum absolute atomic E-state index is 13.3. The minimum atomic E-state index is -0.753. The number of rotatable bonds is 2. The van der Waals surface area contributed by atoms with Crippen LogP contribution >= 0.6 is 0 Å². The van der Waals surface area contributed by atoms with Crippen molar-refractivity contribution >= 4 is 6.09 Å². The number of benzene rings is 2. The number of hydrogen-bond acceptors (Lipinski definition) is 2. The van der Waals surface area contributed by atoms with E-state index in [4.69, 9.17) is 10.5 Å². The Labute approximate surface area is 116 Å². The standard InChI is InChI=1S/C16H14FNO2/c17-13-3-1-2-10(9-13)11-4-6-14-12(8-11)5-7-15(14)20-16(18)19/h1-4,6,8-9,15H,5,7H2,(H2,18,19). The average molecular weight is 271 g/mol. The Morgan fingerprint density at radius 1 is 1.20 bits per heavy atom. The van der Waals surface area contributed by atoms with Gasteiger partial charge in [0.05, 0.1) is 0 Å². The van der Waals surface area contributed by atoms with Gasteiger partial charge in [-0.2, -0.15) is 0 Å². The number of nitrogens with two attached hydrogens (primary N) is 1. The molecule has 3 rings (SSSR count). The number of aryl methyl sites for hydroxylation is 1. The van der Waals surface area contributed by atoms with E-state index >= 15 is 0 Å². The summed E-state index contributed by atoms with van der Waals surface area (Å²) in [7, 11) is 0. The Hall–Kier alpha value is -2.36. The number of fused-ring (bicyclic) bond motifs is 1. The Kier molecular flexibility index (Phi) is 3.14. The molecule has 1 unspecified atom stereocenters. The van der Waals surface area contributed by atoms with E-state index in [1.807, 2.05) is 24.3 Å². The molecule has 1 amide bonds. The van der Waals surface area contributed by atoms with Crippen molar-refractivity contribution in [3.8, 4) is 11.1 Å². The van der Waals surface area contributed by atoms with Gasteiger partial charge in [-0.1, -0.05) is 30.3 Å². The van der Waals surface area contributed by atoms with Crippen molar-refractivity contribution in [3.05, 3.63) is 59.4 Å². The van der Waals surface area contributed by atoms with Crippen LogP contribution in [0.5, 0.6) is 0 Å². The number of primary amides is 1. The molecular formula is C16H14FNO2. The quantitative estimate of drug-likeness (QED) is 0.907. The number of amides is 1. The Balaban J connectivity index is 1.93. The average Bonchev–Trinajstić information content (AvgIpc) is 2.80. The van der Waals surface area contributed by atoms with Crippen LogP contribution in [0.2, 0.25) is 0 Å². The summed E-state index contributed by atoms with van der Waals surface area (Å²) in [5, 5.41) is 0.